The number of aryl methyl sites for hydroxylation is 1. The Bertz CT molecular complexity index is 467. The van der Waals surface area contributed by atoms with E-state index in [1.807, 2.05) is 0 Å². The predicted molar refractivity (Wildman–Crippen MR) is 53.1 cm³/mol. The van der Waals surface area contributed by atoms with Crippen LogP contribution in [0.3, 0.4) is 0 Å². The van der Waals surface area contributed by atoms with Gasteiger partial charge in [0.2, 0.25) is 0 Å². The van der Waals surface area contributed by atoms with Crippen LogP contribution in [0.2, 0.25) is 5.02 Å². The second kappa shape index (κ2) is 3.31. The molecule has 5 heteroatoms. The summed E-state index contributed by atoms with van der Waals surface area (Å²) in [6.07, 6.45) is 1.57. The first-order valence-electron chi connectivity index (χ1n) is 4.01. The zero-order valence-corrected chi connectivity index (χ0v) is 8.23. The zero-order chi connectivity index (χ0) is 10.1. The molecule has 0 saturated carbocycles. The highest BCUT2D eigenvalue weighted by Crippen LogP contribution is 2.29. The number of nitrogens with zero attached hydrogens (tertiary/aromatic N) is 3. The van der Waals surface area contributed by atoms with Crippen molar-refractivity contribution in [2.45, 2.75) is 0 Å². The maximum absolute atomic E-state index is 9.59. The monoisotopic (exact) mass is 209 g/mol. The number of halogens is 1. The Balaban J connectivity index is 2.62. The number of phenols is 1. The van der Waals surface area contributed by atoms with E-state index in [2.05, 4.69) is 10.2 Å². The van der Waals surface area contributed by atoms with Crippen molar-refractivity contribution < 1.29 is 5.11 Å². The predicted octanol–water partition coefficient (Wildman–Crippen LogP) is 1.84. The third kappa shape index (κ3) is 1.44. The first kappa shape index (κ1) is 9.02. The van der Waals surface area contributed by atoms with Crippen molar-refractivity contribution in [2.75, 3.05) is 0 Å². The van der Waals surface area contributed by atoms with Gasteiger partial charge in [-0.25, -0.2) is 0 Å². The van der Waals surface area contributed by atoms with Crippen LogP contribution >= 0.6 is 11.6 Å². The maximum Gasteiger partial charge on any atom is 0.167 e. The lowest BCUT2D eigenvalue weighted by molar-refractivity contribution is 0.476. The fourth-order valence-electron chi connectivity index (χ4n) is 1.21. The van der Waals surface area contributed by atoms with E-state index in [1.165, 1.54) is 6.07 Å². The second-order valence-corrected chi connectivity index (χ2v) is 3.36. The number of phenolic OH excluding ortho intramolecular Hbond substituents is 1. The van der Waals surface area contributed by atoms with E-state index in [-0.39, 0.29) is 5.75 Å². The van der Waals surface area contributed by atoms with Gasteiger partial charge < -0.3 is 9.67 Å². The van der Waals surface area contributed by atoms with Gasteiger partial charge in [0.25, 0.3) is 0 Å². The molecule has 0 aliphatic carbocycles. The Labute approximate surface area is 85.8 Å². The maximum atomic E-state index is 9.59. The first-order chi connectivity index (χ1) is 6.68. The van der Waals surface area contributed by atoms with E-state index in [0.717, 1.165) is 0 Å². The summed E-state index contributed by atoms with van der Waals surface area (Å²) in [5.74, 6) is 0.732. The van der Waals surface area contributed by atoms with Gasteiger partial charge in [0.1, 0.15) is 12.1 Å². The first-order valence-corrected chi connectivity index (χ1v) is 4.39. The molecular weight excluding hydrogens is 202 g/mol. The fourth-order valence-corrected chi connectivity index (χ4v) is 1.39. The van der Waals surface area contributed by atoms with Crippen LogP contribution in [-0.2, 0) is 7.05 Å². The minimum atomic E-state index is 0.144. The molecular formula is C9H8ClN3O. The number of hydrogen-bond donors (Lipinski definition) is 1. The largest absolute Gasteiger partial charge is 0.507 e. The summed E-state index contributed by atoms with van der Waals surface area (Å²) in [5, 5.41) is 17.8. The van der Waals surface area contributed by atoms with E-state index >= 15 is 0 Å². The Morgan fingerprint density at radius 3 is 2.86 bits per heavy atom. The van der Waals surface area contributed by atoms with E-state index < -0.39 is 0 Å². The molecule has 0 amide bonds. The van der Waals surface area contributed by atoms with E-state index in [1.54, 1.807) is 30.1 Å². The molecule has 0 radical (unpaired) electrons. The van der Waals surface area contributed by atoms with Gasteiger partial charge >= 0.3 is 0 Å². The van der Waals surface area contributed by atoms with Crippen molar-refractivity contribution in [2.24, 2.45) is 7.05 Å². The smallest absolute Gasteiger partial charge is 0.167 e. The van der Waals surface area contributed by atoms with Crippen LogP contribution in [0.1, 0.15) is 0 Å². The highest BCUT2D eigenvalue weighted by Gasteiger charge is 2.09. The summed E-state index contributed by atoms with van der Waals surface area (Å²) in [6, 6.07) is 4.81. The van der Waals surface area contributed by atoms with Crippen LogP contribution in [0.15, 0.2) is 24.5 Å². The number of aromatic hydroxyl groups is 1. The molecule has 0 bridgehead atoms. The van der Waals surface area contributed by atoms with Crippen LogP contribution in [0, 0.1) is 0 Å². The molecule has 4 nitrogen and oxygen atoms in total. The van der Waals surface area contributed by atoms with Gasteiger partial charge in [0.15, 0.2) is 5.82 Å². The summed E-state index contributed by atoms with van der Waals surface area (Å²) < 4.78 is 1.71. The summed E-state index contributed by atoms with van der Waals surface area (Å²) in [4.78, 5) is 0. The Hall–Kier alpha value is -1.55. The van der Waals surface area contributed by atoms with E-state index in [4.69, 9.17) is 11.6 Å². The molecule has 0 saturated heterocycles. The summed E-state index contributed by atoms with van der Waals surface area (Å²) in [5.41, 5.74) is 0.581. The third-order valence-electron chi connectivity index (χ3n) is 1.91. The molecule has 0 spiro atoms. The van der Waals surface area contributed by atoms with Gasteiger partial charge in [0.05, 0.1) is 5.56 Å². The molecule has 2 rings (SSSR count). The van der Waals surface area contributed by atoms with Gasteiger partial charge in [0, 0.05) is 12.1 Å². The summed E-state index contributed by atoms with van der Waals surface area (Å²) in [7, 11) is 1.80. The lowest BCUT2D eigenvalue weighted by Gasteiger charge is -2.03. The quantitative estimate of drug-likeness (QED) is 0.780. The topological polar surface area (TPSA) is 50.9 Å². The van der Waals surface area contributed by atoms with Gasteiger partial charge in [-0.15, -0.1) is 10.2 Å². The van der Waals surface area contributed by atoms with Gasteiger partial charge in [-0.05, 0) is 18.2 Å². The average Bonchev–Trinajstić information content (AvgIpc) is 2.56. The molecule has 2 aromatic rings. The fraction of sp³-hybridized carbons (Fsp3) is 0.111. The van der Waals surface area contributed by atoms with Crippen molar-refractivity contribution in [3.05, 3.63) is 29.5 Å². The minimum Gasteiger partial charge on any atom is -0.507 e. The Morgan fingerprint density at radius 1 is 1.43 bits per heavy atom. The molecule has 14 heavy (non-hydrogen) atoms. The van der Waals surface area contributed by atoms with Crippen LogP contribution in [0.4, 0.5) is 0 Å². The highest BCUT2D eigenvalue weighted by atomic mass is 35.5. The van der Waals surface area contributed by atoms with Crippen molar-refractivity contribution >= 4 is 11.6 Å². The minimum absolute atomic E-state index is 0.144. The van der Waals surface area contributed by atoms with E-state index in [0.29, 0.717) is 16.4 Å². The zero-order valence-electron chi connectivity index (χ0n) is 7.48. The molecule has 1 heterocycles. The standard InChI is InChI=1S/C9H8ClN3O/c1-13-5-11-12-9(13)7-4-6(10)2-3-8(7)14/h2-5,14H,1H3. The Kier molecular flexibility index (Phi) is 2.13. The molecule has 0 fully saturated rings. The molecule has 1 N–H and O–H groups in total. The molecule has 0 aliphatic heterocycles. The number of hydrogen-bond acceptors (Lipinski definition) is 3. The van der Waals surface area contributed by atoms with E-state index in [9.17, 15) is 5.11 Å². The van der Waals surface area contributed by atoms with Crippen molar-refractivity contribution in [3.63, 3.8) is 0 Å². The summed E-state index contributed by atoms with van der Waals surface area (Å²) >= 11 is 5.82. The molecule has 1 aromatic heterocycles. The molecule has 0 aliphatic rings. The SMILES string of the molecule is Cn1cnnc1-c1cc(Cl)ccc1O. The average molecular weight is 210 g/mol. The third-order valence-corrected chi connectivity index (χ3v) is 2.15. The number of rotatable bonds is 1. The number of benzene rings is 1. The van der Waals surface area contributed by atoms with Crippen LogP contribution in [0.25, 0.3) is 11.4 Å². The van der Waals surface area contributed by atoms with Crippen molar-refractivity contribution in [1.29, 1.82) is 0 Å². The summed E-state index contributed by atoms with van der Waals surface area (Å²) in [6.45, 7) is 0. The van der Waals surface area contributed by atoms with Gasteiger partial charge in [-0.1, -0.05) is 11.6 Å². The van der Waals surface area contributed by atoms with Crippen LogP contribution < -0.4 is 0 Å². The van der Waals surface area contributed by atoms with Crippen LogP contribution in [-0.4, -0.2) is 19.9 Å². The second-order valence-electron chi connectivity index (χ2n) is 2.93. The lowest BCUT2D eigenvalue weighted by Crippen LogP contribution is -1.91. The molecule has 1 aromatic carbocycles. The van der Waals surface area contributed by atoms with Crippen molar-refractivity contribution in [3.8, 4) is 17.1 Å². The highest BCUT2D eigenvalue weighted by molar-refractivity contribution is 6.30. The molecule has 72 valence electrons. The van der Waals surface area contributed by atoms with Crippen LogP contribution in [0.5, 0.6) is 5.75 Å². The Morgan fingerprint density at radius 2 is 2.21 bits per heavy atom. The van der Waals surface area contributed by atoms with Gasteiger partial charge in [-0.2, -0.15) is 0 Å². The lowest BCUT2D eigenvalue weighted by atomic mass is 10.2. The normalized spacial score (nSPS) is 10.4. The molecule has 0 atom stereocenters. The van der Waals surface area contributed by atoms with Crippen molar-refractivity contribution in [1.82, 2.24) is 14.8 Å². The molecule has 0 unspecified atom stereocenters. The number of aromatic nitrogens is 3. The van der Waals surface area contributed by atoms with Gasteiger partial charge in [-0.3, -0.25) is 0 Å².